The van der Waals surface area contributed by atoms with Crippen LogP contribution in [0.4, 0.5) is 0 Å². The van der Waals surface area contributed by atoms with E-state index in [4.69, 9.17) is 5.73 Å². The van der Waals surface area contributed by atoms with Crippen LogP contribution in [0.1, 0.15) is 32.6 Å². The number of likely N-dealkylation sites (tertiary alicyclic amines) is 1. The molecule has 0 aromatic rings. The maximum atomic E-state index is 12.0. The van der Waals surface area contributed by atoms with Gasteiger partial charge in [0, 0.05) is 6.54 Å². The van der Waals surface area contributed by atoms with E-state index in [1.54, 1.807) is 0 Å². The maximum absolute atomic E-state index is 12.0. The van der Waals surface area contributed by atoms with E-state index in [0.29, 0.717) is 19.0 Å². The molecule has 0 spiro atoms. The average molecular weight is 224 g/mol. The Morgan fingerprint density at radius 3 is 2.25 bits per heavy atom. The minimum Gasteiger partial charge on any atom is -0.330 e. The van der Waals surface area contributed by atoms with E-state index < -0.39 is 0 Å². The summed E-state index contributed by atoms with van der Waals surface area (Å²) >= 11 is 0. The molecule has 2 fully saturated rings. The quantitative estimate of drug-likeness (QED) is 0.566. The van der Waals surface area contributed by atoms with Crippen molar-refractivity contribution in [2.45, 2.75) is 32.6 Å². The number of nitrogens with zero attached hydrogens (tertiary/aromatic N) is 1. The van der Waals surface area contributed by atoms with Crippen molar-refractivity contribution >= 4 is 11.8 Å². The summed E-state index contributed by atoms with van der Waals surface area (Å²) in [5.74, 6) is 0.627. The lowest BCUT2D eigenvalue weighted by Crippen LogP contribution is -2.33. The van der Waals surface area contributed by atoms with Gasteiger partial charge < -0.3 is 5.73 Å². The number of carbonyl (C=O) groups excluding carboxylic acids is 2. The second-order valence-corrected chi connectivity index (χ2v) is 5.11. The minimum atomic E-state index is -0.0135. The van der Waals surface area contributed by atoms with E-state index >= 15 is 0 Å². The van der Waals surface area contributed by atoms with Gasteiger partial charge in [-0.15, -0.1) is 0 Å². The number of carbonyl (C=O) groups is 2. The Kier molecular flexibility index (Phi) is 3.28. The van der Waals surface area contributed by atoms with E-state index in [1.165, 1.54) is 4.90 Å². The number of fused-ring (bicyclic) bond motifs is 1. The van der Waals surface area contributed by atoms with E-state index in [1.807, 2.05) is 0 Å². The summed E-state index contributed by atoms with van der Waals surface area (Å²) in [5, 5.41) is 0. The van der Waals surface area contributed by atoms with Crippen LogP contribution in [-0.2, 0) is 9.59 Å². The number of hydrogen-bond donors (Lipinski definition) is 1. The van der Waals surface area contributed by atoms with Gasteiger partial charge in [-0.25, -0.2) is 0 Å². The number of hydrogen-bond acceptors (Lipinski definition) is 3. The van der Waals surface area contributed by atoms with Crippen LogP contribution in [0, 0.1) is 17.8 Å². The molecule has 0 bridgehead atoms. The Morgan fingerprint density at radius 2 is 1.75 bits per heavy atom. The smallest absolute Gasteiger partial charge is 0.233 e. The molecule has 2 N–H and O–H groups in total. The Bertz CT molecular complexity index is 279. The van der Waals surface area contributed by atoms with Crippen molar-refractivity contribution in [2.75, 3.05) is 13.1 Å². The zero-order chi connectivity index (χ0) is 11.7. The molecular weight excluding hydrogens is 204 g/mol. The van der Waals surface area contributed by atoms with Crippen molar-refractivity contribution in [3.8, 4) is 0 Å². The van der Waals surface area contributed by atoms with Gasteiger partial charge in [0.15, 0.2) is 0 Å². The summed E-state index contributed by atoms with van der Waals surface area (Å²) in [6, 6.07) is 0. The second-order valence-electron chi connectivity index (χ2n) is 5.11. The van der Waals surface area contributed by atoms with Crippen LogP contribution in [0.5, 0.6) is 0 Å². The third-order valence-corrected chi connectivity index (χ3v) is 3.80. The number of unbranched alkanes of at least 4 members (excludes halogenated alkanes) is 1. The molecule has 2 rings (SSSR count). The Morgan fingerprint density at radius 1 is 1.19 bits per heavy atom. The monoisotopic (exact) mass is 224 g/mol. The van der Waals surface area contributed by atoms with Gasteiger partial charge in [0.05, 0.1) is 11.8 Å². The Balaban J connectivity index is 1.97. The predicted molar refractivity (Wildman–Crippen MR) is 60.4 cm³/mol. The molecule has 1 saturated carbocycles. The third kappa shape index (κ3) is 1.86. The summed E-state index contributed by atoms with van der Waals surface area (Å²) in [6.07, 6.45) is 3.50. The van der Waals surface area contributed by atoms with Gasteiger partial charge in [-0.2, -0.15) is 0 Å². The summed E-state index contributed by atoms with van der Waals surface area (Å²) in [6.45, 7) is 3.31. The SMILES string of the molecule is CC1CC2C(=O)N(CCCCN)C(=O)C2C1. The molecule has 0 aromatic carbocycles. The van der Waals surface area contributed by atoms with Gasteiger partial charge in [0.25, 0.3) is 0 Å². The molecule has 2 atom stereocenters. The van der Waals surface area contributed by atoms with Crippen LogP contribution in [0.25, 0.3) is 0 Å². The average Bonchev–Trinajstić information content (AvgIpc) is 2.72. The van der Waals surface area contributed by atoms with Crippen LogP contribution < -0.4 is 5.73 Å². The van der Waals surface area contributed by atoms with E-state index in [-0.39, 0.29) is 23.7 Å². The molecule has 4 heteroatoms. The molecule has 90 valence electrons. The summed E-state index contributed by atoms with van der Waals surface area (Å²) in [7, 11) is 0. The molecule has 2 aliphatic rings. The van der Waals surface area contributed by atoms with Crippen LogP contribution in [-0.4, -0.2) is 29.8 Å². The van der Waals surface area contributed by atoms with E-state index in [2.05, 4.69) is 6.92 Å². The molecule has 1 heterocycles. The standard InChI is InChI=1S/C12H20N2O2/c1-8-6-9-10(7-8)12(16)14(11(9)15)5-3-2-4-13/h8-10H,2-7,13H2,1H3. The van der Waals surface area contributed by atoms with Crippen molar-refractivity contribution in [1.82, 2.24) is 4.90 Å². The largest absolute Gasteiger partial charge is 0.330 e. The highest BCUT2D eigenvalue weighted by molar-refractivity contribution is 6.05. The highest BCUT2D eigenvalue weighted by Gasteiger charge is 2.51. The van der Waals surface area contributed by atoms with E-state index in [9.17, 15) is 9.59 Å². The molecule has 4 nitrogen and oxygen atoms in total. The van der Waals surface area contributed by atoms with Crippen molar-refractivity contribution in [1.29, 1.82) is 0 Å². The van der Waals surface area contributed by atoms with Crippen molar-refractivity contribution in [3.05, 3.63) is 0 Å². The molecule has 2 unspecified atom stereocenters. The van der Waals surface area contributed by atoms with Crippen molar-refractivity contribution in [2.24, 2.45) is 23.5 Å². The van der Waals surface area contributed by atoms with Crippen LogP contribution >= 0.6 is 0 Å². The zero-order valence-electron chi connectivity index (χ0n) is 9.82. The zero-order valence-corrected chi connectivity index (χ0v) is 9.82. The lowest BCUT2D eigenvalue weighted by molar-refractivity contribution is -0.140. The molecule has 1 saturated heterocycles. The van der Waals surface area contributed by atoms with Gasteiger partial charge >= 0.3 is 0 Å². The van der Waals surface area contributed by atoms with Gasteiger partial charge in [-0.3, -0.25) is 14.5 Å². The predicted octanol–water partition coefficient (Wildman–Crippen LogP) is 0.756. The number of rotatable bonds is 4. The number of amides is 2. The van der Waals surface area contributed by atoms with Crippen molar-refractivity contribution in [3.63, 3.8) is 0 Å². The first kappa shape index (κ1) is 11.6. The lowest BCUT2D eigenvalue weighted by Gasteiger charge is -2.16. The first-order valence-corrected chi connectivity index (χ1v) is 6.20. The highest BCUT2D eigenvalue weighted by atomic mass is 16.2. The molecule has 16 heavy (non-hydrogen) atoms. The number of imide groups is 1. The fourth-order valence-electron chi connectivity index (χ4n) is 2.98. The summed E-state index contributed by atoms with van der Waals surface area (Å²) in [5.41, 5.74) is 5.40. The van der Waals surface area contributed by atoms with Crippen molar-refractivity contribution < 1.29 is 9.59 Å². The molecule has 1 aliphatic heterocycles. The van der Waals surface area contributed by atoms with Gasteiger partial charge in [0.2, 0.25) is 11.8 Å². The number of nitrogens with two attached hydrogens (primary N) is 1. The first-order valence-electron chi connectivity index (χ1n) is 6.20. The maximum Gasteiger partial charge on any atom is 0.233 e. The molecule has 2 amide bonds. The highest BCUT2D eigenvalue weighted by Crippen LogP contribution is 2.42. The molecule has 0 radical (unpaired) electrons. The minimum absolute atomic E-state index is 0.0135. The van der Waals surface area contributed by atoms with Gasteiger partial charge in [-0.1, -0.05) is 6.92 Å². The molecule has 1 aliphatic carbocycles. The normalized spacial score (nSPS) is 33.6. The fourth-order valence-corrected chi connectivity index (χ4v) is 2.98. The van der Waals surface area contributed by atoms with Crippen LogP contribution in [0.3, 0.4) is 0 Å². The molecule has 0 aromatic heterocycles. The molecular formula is C12H20N2O2. The Labute approximate surface area is 96.2 Å². The summed E-state index contributed by atoms with van der Waals surface area (Å²) < 4.78 is 0. The van der Waals surface area contributed by atoms with Crippen LogP contribution in [0.2, 0.25) is 0 Å². The fraction of sp³-hybridized carbons (Fsp3) is 0.833. The first-order chi connectivity index (χ1) is 7.65. The lowest BCUT2D eigenvalue weighted by atomic mass is 10.00. The third-order valence-electron chi connectivity index (χ3n) is 3.80. The van der Waals surface area contributed by atoms with E-state index in [0.717, 1.165) is 25.7 Å². The summed E-state index contributed by atoms with van der Waals surface area (Å²) in [4.78, 5) is 25.5. The van der Waals surface area contributed by atoms with Gasteiger partial charge in [-0.05, 0) is 38.1 Å². The Hall–Kier alpha value is -0.900. The topological polar surface area (TPSA) is 63.4 Å². The van der Waals surface area contributed by atoms with Crippen LogP contribution in [0.15, 0.2) is 0 Å². The van der Waals surface area contributed by atoms with Gasteiger partial charge in [0.1, 0.15) is 0 Å². The second kappa shape index (κ2) is 4.53.